The number of hydrogen-bond acceptors (Lipinski definition) is 1. The molecule has 1 N–H and O–H groups in total. The van der Waals surface area contributed by atoms with E-state index in [0.29, 0.717) is 6.04 Å². The Hall–Kier alpha value is -0.320. The van der Waals surface area contributed by atoms with Crippen LogP contribution in [-0.2, 0) is 0 Å². The zero-order chi connectivity index (χ0) is 11.5. The monoisotopic (exact) mass is 333 g/mol. The normalized spacial score (nSPS) is 17.9. The molecule has 0 aliphatic heterocycles. The first kappa shape index (κ1) is 12.1. The van der Waals surface area contributed by atoms with Crippen LogP contribution in [-0.4, -0.2) is 6.04 Å². The van der Waals surface area contributed by atoms with E-state index in [4.69, 9.17) is 0 Å². The molecule has 1 aromatic rings. The Morgan fingerprint density at radius 2 is 2.25 bits per heavy atom. The van der Waals surface area contributed by atoms with Gasteiger partial charge in [-0.1, -0.05) is 19.3 Å². The molecule has 0 bridgehead atoms. The Kier molecular flexibility index (Phi) is 4.05. The minimum atomic E-state index is -0.165. The van der Waals surface area contributed by atoms with E-state index in [0.717, 1.165) is 15.2 Å². The van der Waals surface area contributed by atoms with Gasteiger partial charge < -0.3 is 5.32 Å². The maximum absolute atomic E-state index is 12.9. The maximum atomic E-state index is 12.9. The molecule has 0 spiro atoms. The minimum absolute atomic E-state index is 0.165. The Balaban J connectivity index is 1.91. The van der Waals surface area contributed by atoms with Crippen molar-refractivity contribution >= 4 is 28.3 Å². The van der Waals surface area contributed by atoms with Gasteiger partial charge in [-0.15, -0.1) is 0 Å². The quantitative estimate of drug-likeness (QED) is 0.805. The van der Waals surface area contributed by atoms with Crippen molar-refractivity contribution in [3.05, 3.63) is 27.6 Å². The highest BCUT2D eigenvalue weighted by Crippen LogP contribution is 2.31. The van der Waals surface area contributed by atoms with Gasteiger partial charge in [0.25, 0.3) is 0 Å². The smallest absolute Gasteiger partial charge is 0.124 e. The molecule has 16 heavy (non-hydrogen) atoms. The van der Waals surface area contributed by atoms with Crippen LogP contribution in [0, 0.1) is 15.3 Å². The molecule has 1 fully saturated rings. The highest BCUT2D eigenvalue weighted by molar-refractivity contribution is 14.1. The molecule has 2 rings (SSSR count). The summed E-state index contributed by atoms with van der Waals surface area (Å²) in [5.41, 5.74) is 1.05. The fourth-order valence-corrected chi connectivity index (χ4v) is 2.79. The molecule has 1 aliphatic carbocycles. The van der Waals surface area contributed by atoms with Crippen molar-refractivity contribution in [3.63, 3.8) is 0 Å². The molecule has 1 aliphatic rings. The number of benzene rings is 1. The van der Waals surface area contributed by atoms with Gasteiger partial charge in [-0.3, -0.25) is 0 Å². The molecule has 0 aromatic heterocycles. The third-order valence-corrected chi connectivity index (χ3v) is 4.14. The van der Waals surface area contributed by atoms with Gasteiger partial charge in [0.15, 0.2) is 0 Å². The van der Waals surface area contributed by atoms with Gasteiger partial charge in [0.2, 0.25) is 0 Å². The van der Waals surface area contributed by atoms with Crippen LogP contribution >= 0.6 is 22.6 Å². The van der Waals surface area contributed by atoms with Crippen LogP contribution in [0.4, 0.5) is 10.1 Å². The summed E-state index contributed by atoms with van der Waals surface area (Å²) in [7, 11) is 0. The van der Waals surface area contributed by atoms with Gasteiger partial charge in [-0.25, -0.2) is 4.39 Å². The summed E-state index contributed by atoms with van der Waals surface area (Å²) in [6, 6.07) is 5.39. The molecular formula is C13H17FIN. The Morgan fingerprint density at radius 1 is 1.50 bits per heavy atom. The minimum Gasteiger partial charge on any atom is -0.382 e. The van der Waals surface area contributed by atoms with Gasteiger partial charge >= 0.3 is 0 Å². The van der Waals surface area contributed by atoms with Crippen molar-refractivity contribution < 1.29 is 4.39 Å². The fraction of sp³-hybridized carbons (Fsp3) is 0.538. The number of anilines is 1. The summed E-state index contributed by atoms with van der Waals surface area (Å²) in [6.07, 6.45) is 5.39. The van der Waals surface area contributed by atoms with Crippen molar-refractivity contribution in [3.8, 4) is 0 Å². The van der Waals surface area contributed by atoms with Crippen molar-refractivity contribution in [1.82, 2.24) is 0 Å². The van der Waals surface area contributed by atoms with E-state index in [1.807, 2.05) is 6.07 Å². The first-order valence-electron chi connectivity index (χ1n) is 5.87. The van der Waals surface area contributed by atoms with Crippen LogP contribution in [0.3, 0.4) is 0 Å². The van der Waals surface area contributed by atoms with E-state index in [9.17, 15) is 4.39 Å². The SMILES string of the molecule is CC(CC1CCC1)Nc1ccc(F)cc1I. The zero-order valence-corrected chi connectivity index (χ0v) is 11.6. The van der Waals surface area contributed by atoms with Crippen molar-refractivity contribution in [2.75, 3.05) is 5.32 Å². The lowest BCUT2D eigenvalue weighted by molar-refractivity contribution is 0.286. The van der Waals surface area contributed by atoms with Gasteiger partial charge in [0.1, 0.15) is 5.82 Å². The summed E-state index contributed by atoms with van der Waals surface area (Å²) in [5, 5.41) is 3.46. The lowest BCUT2D eigenvalue weighted by Crippen LogP contribution is -2.23. The highest BCUT2D eigenvalue weighted by atomic mass is 127. The predicted molar refractivity (Wildman–Crippen MR) is 74.2 cm³/mol. The van der Waals surface area contributed by atoms with E-state index < -0.39 is 0 Å². The number of nitrogens with one attached hydrogen (secondary N) is 1. The number of rotatable bonds is 4. The molecule has 3 heteroatoms. The fourth-order valence-electron chi connectivity index (χ4n) is 2.16. The molecule has 1 atom stereocenters. The molecule has 1 saturated carbocycles. The summed E-state index contributed by atoms with van der Waals surface area (Å²) >= 11 is 2.17. The molecule has 1 unspecified atom stereocenters. The molecule has 0 saturated heterocycles. The van der Waals surface area contributed by atoms with E-state index >= 15 is 0 Å². The third-order valence-electron chi connectivity index (χ3n) is 3.24. The molecule has 0 amide bonds. The third kappa shape index (κ3) is 3.09. The summed E-state index contributed by atoms with van der Waals surface area (Å²) < 4.78 is 13.9. The van der Waals surface area contributed by atoms with Crippen LogP contribution in [0.2, 0.25) is 0 Å². The van der Waals surface area contributed by atoms with E-state index in [2.05, 4.69) is 34.8 Å². The van der Waals surface area contributed by atoms with Gasteiger partial charge in [-0.05, 0) is 60.1 Å². The molecule has 1 nitrogen and oxygen atoms in total. The first-order valence-corrected chi connectivity index (χ1v) is 6.94. The van der Waals surface area contributed by atoms with Crippen LogP contribution in [0.5, 0.6) is 0 Å². The molecule has 1 aromatic carbocycles. The van der Waals surface area contributed by atoms with Gasteiger partial charge in [-0.2, -0.15) is 0 Å². The standard InChI is InChI=1S/C13H17FIN/c1-9(7-10-3-2-4-10)16-13-6-5-11(14)8-12(13)15/h5-6,8-10,16H,2-4,7H2,1H3. The van der Waals surface area contributed by atoms with Crippen LogP contribution in [0.15, 0.2) is 18.2 Å². The van der Waals surface area contributed by atoms with E-state index in [1.165, 1.54) is 31.7 Å². The molecular weight excluding hydrogens is 316 g/mol. The summed E-state index contributed by atoms with van der Waals surface area (Å²) in [4.78, 5) is 0. The van der Waals surface area contributed by atoms with Gasteiger partial charge in [0, 0.05) is 15.3 Å². The highest BCUT2D eigenvalue weighted by Gasteiger charge is 2.20. The van der Waals surface area contributed by atoms with E-state index in [-0.39, 0.29) is 5.82 Å². The predicted octanol–water partition coefficient (Wildman–Crippen LogP) is 4.42. The van der Waals surface area contributed by atoms with Crippen molar-refractivity contribution in [2.24, 2.45) is 5.92 Å². The maximum Gasteiger partial charge on any atom is 0.124 e. The first-order chi connectivity index (χ1) is 7.65. The lowest BCUT2D eigenvalue weighted by Gasteiger charge is -2.29. The zero-order valence-electron chi connectivity index (χ0n) is 9.47. The number of halogens is 2. The average Bonchev–Trinajstić information content (AvgIpc) is 2.16. The second-order valence-electron chi connectivity index (χ2n) is 4.70. The van der Waals surface area contributed by atoms with Gasteiger partial charge in [0.05, 0.1) is 0 Å². The lowest BCUT2D eigenvalue weighted by atomic mass is 9.81. The molecule has 0 heterocycles. The van der Waals surface area contributed by atoms with Crippen LogP contribution < -0.4 is 5.32 Å². The second-order valence-corrected chi connectivity index (χ2v) is 5.86. The number of hydrogen-bond donors (Lipinski definition) is 1. The van der Waals surface area contributed by atoms with Crippen LogP contribution in [0.1, 0.15) is 32.6 Å². The average molecular weight is 333 g/mol. The van der Waals surface area contributed by atoms with Crippen LogP contribution in [0.25, 0.3) is 0 Å². The Bertz CT molecular complexity index is 363. The second kappa shape index (κ2) is 5.34. The summed E-state index contributed by atoms with van der Waals surface area (Å²) in [6.45, 7) is 2.21. The molecule has 0 radical (unpaired) electrons. The van der Waals surface area contributed by atoms with E-state index in [1.54, 1.807) is 6.07 Å². The van der Waals surface area contributed by atoms with Crippen molar-refractivity contribution in [1.29, 1.82) is 0 Å². The largest absolute Gasteiger partial charge is 0.382 e. The summed E-state index contributed by atoms with van der Waals surface area (Å²) in [5.74, 6) is 0.738. The Morgan fingerprint density at radius 3 is 2.81 bits per heavy atom. The molecule has 88 valence electrons. The Labute approximate surface area is 110 Å². The topological polar surface area (TPSA) is 12.0 Å². The van der Waals surface area contributed by atoms with Crippen molar-refractivity contribution in [2.45, 2.75) is 38.6 Å².